The molecule has 1 amide bonds. The number of nitrogens with one attached hydrogen (secondary N) is 2. The van der Waals surface area contributed by atoms with Gasteiger partial charge in [-0.05, 0) is 32.0 Å². The number of piperidine rings is 1. The fourth-order valence-corrected chi connectivity index (χ4v) is 2.34. The number of nitrogens with zero attached hydrogens (tertiary/aromatic N) is 1. The zero-order chi connectivity index (χ0) is 15.1. The maximum absolute atomic E-state index is 12.1. The number of benzene rings is 1. The predicted molar refractivity (Wildman–Crippen MR) is 78.9 cm³/mol. The topological polar surface area (TPSA) is 82.0 Å². The van der Waals surface area contributed by atoms with Gasteiger partial charge in [0.15, 0.2) is 6.29 Å². The molecule has 5 nitrogen and oxygen atoms in total. The van der Waals surface area contributed by atoms with E-state index in [1.54, 1.807) is 24.3 Å². The van der Waals surface area contributed by atoms with Crippen LogP contribution in [0.1, 0.15) is 33.6 Å². The molecule has 1 heterocycles. The zero-order valence-corrected chi connectivity index (χ0v) is 11.7. The lowest BCUT2D eigenvalue weighted by atomic mass is 9.99. The summed E-state index contributed by atoms with van der Waals surface area (Å²) in [5, 5.41) is 15.2. The molecule has 1 aromatic rings. The van der Waals surface area contributed by atoms with Crippen LogP contribution in [0.2, 0.25) is 0 Å². The first-order valence-electron chi connectivity index (χ1n) is 6.90. The van der Waals surface area contributed by atoms with E-state index in [9.17, 15) is 14.9 Å². The quantitative estimate of drug-likeness (QED) is 0.647. The van der Waals surface area contributed by atoms with Gasteiger partial charge in [0.1, 0.15) is 0 Å². The van der Waals surface area contributed by atoms with Gasteiger partial charge in [-0.25, -0.2) is 0 Å². The van der Waals surface area contributed by atoms with Crippen molar-refractivity contribution in [1.82, 2.24) is 10.6 Å². The molecule has 108 valence electrons. The van der Waals surface area contributed by atoms with Crippen molar-refractivity contribution in [2.75, 3.05) is 19.6 Å². The minimum absolute atomic E-state index is 0.206. The van der Waals surface area contributed by atoms with Gasteiger partial charge in [0.25, 0.3) is 5.91 Å². The average molecular weight is 283 g/mol. The summed E-state index contributed by atoms with van der Waals surface area (Å²) in [6, 6.07) is 8.78. The summed E-state index contributed by atoms with van der Waals surface area (Å²) < 4.78 is 0. The molecular formula is C16H17N3O2. The van der Waals surface area contributed by atoms with Crippen LogP contribution in [-0.2, 0) is 0 Å². The summed E-state index contributed by atoms with van der Waals surface area (Å²) in [6.07, 6.45) is 2.33. The zero-order valence-electron chi connectivity index (χ0n) is 11.7. The molecule has 0 spiro atoms. The number of amides is 1. The number of nitriles is 1. The van der Waals surface area contributed by atoms with Crippen molar-refractivity contribution in [1.29, 1.82) is 5.26 Å². The molecule has 2 rings (SSSR count). The lowest BCUT2D eigenvalue weighted by molar-refractivity contribution is 0.0951. The van der Waals surface area contributed by atoms with Crippen LogP contribution in [0.15, 0.2) is 35.4 Å². The van der Waals surface area contributed by atoms with Crippen LogP contribution in [0.4, 0.5) is 0 Å². The molecule has 1 fully saturated rings. The molecule has 0 aromatic heterocycles. The third kappa shape index (κ3) is 3.77. The van der Waals surface area contributed by atoms with E-state index in [1.807, 2.05) is 0 Å². The summed E-state index contributed by atoms with van der Waals surface area (Å²) in [5.74, 6) is -0.333. The molecule has 1 aromatic carbocycles. The summed E-state index contributed by atoms with van der Waals surface area (Å²) >= 11 is 0. The molecule has 5 heteroatoms. The molecule has 0 radical (unpaired) electrons. The van der Waals surface area contributed by atoms with Crippen LogP contribution in [0.25, 0.3) is 0 Å². The lowest BCUT2D eigenvalue weighted by Gasteiger charge is -2.17. The molecule has 0 atom stereocenters. The molecule has 0 bridgehead atoms. The Morgan fingerprint density at radius 3 is 2.71 bits per heavy atom. The molecular weight excluding hydrogens is 266 g/mol. The third-order valence-corrected chi connectivity index (χ3v) is 3.53. The Bertz CT molecular complexity index is 606. The third-order valence-electron chi connectivity index (χ3n) is 3.53. The Labute approximate surface area is 123 Å². The highest BCUT2D eigenvalue weighted by molar-refractivity contribution is 6.01. The highest BCUT2D eigenvalue weighted by Crippen LogP contribution is 2.15. The predicted octanol–water partition coefficient (Wildman–Crippen LogP) is 1.43. The minimum atomic E-state index is -0.333. The first kappa shape index (κ1) is 14.9. The van der Waals surface area contributed by atoms with E-state index in [4.69, 9.17) is 0 Å². The first-order chi connectivity index (χ1) is 10.3. The fourth-order valence-electron chi connectivity index (χ4n) is 2.34. The Morgan fingerprint density at radius 2 is 2.05 bits per heavy atom. The molecule has 1 aliphatic rings. The second-order valence-electron chi connectivity index (χ2n) is 4.83. The number of rotatable bonds is 4. The van der Waals surface area contributed by atoms with E-state index in [0.717, 1.165) is 31.5 Å². The highest BCUT2D eigenvalue weighted by atomic mass is 16.1. The van der Waals surface area contributed by atoms with Crippen LogP contribution in [0.5, 0.6) is 0 Å². The number of carbonyl (C=O) groups is 2. The summed E-state index contributed by atoms with van der Waals surface area (Å²) in [7, 11) is 0. The van der Waals surface area contributed by atoms with Gasteiger partial charge in [-0.1, -0.05) is 23.8 Å². The van der Waals surface area contributed by atoms with E-state index in [-0.39, 0.29) is 12.5 Å². The highest BCUT2D eigenvalue weighted by Gasteiger charge is 2.14. The van der Waals surface area contributed by atoms with Gasteiger partial charge < -0.3 is 10.6 Å². The van der Waals surface area contributed by atoms with Gasteiger partial charge in [0, 0.05) is 16.7 Å². The van der Waals surface area contributed by atoms with Crippen molar-refractivity contribution in [3.05, 3.63) is 46.5 Å². The van der Waals surface area contributed by atoms with Gasteiger partial charge in [-0.2, -0.15) is 5.26 Å². The maximum Gasteiger partial charge on any atom is 0.252 e. The molecule has 1 aliphatic heterocycles. The maximum atomic E-state index is 12.1. The minimum Gasteiger partial charge on any atom is -0.347 e. The SMILES string of the molecule is N#CC(CNC(=O)c1ccccc1C=O)=C1CCNCC1. The molecule has 0 saturated carbocycles. The number of hydrogen-bond acceptors (Lipinski definition) is 4. The molecule has 2 N–H and O–H groups in total. The Kier molecular flexibility index (Phi) is 5.24. The fraction of sp³-hybridized carbons (Fsp3) is 0.312. The van der Waals surface area contributed by atoms with Crippen LogP contribution < -0.4 is 10.6 Å². The van der Waals surface area contributed by atoms with Crippen LogP contribution in [0, 0.1) is 11.3 Å². The molecule has 21 heavy (non-hydrogen) atoms. The van der Waals surface area contributed by atoms with Crippen molar-refractivity contribution in [3.63, 3.8) is 0 Å². The van der Waals surface area contributed by atoms with Gasteiger partial charge in [-0.3, -0.25) is 9.59 Å². The lowest BCUT2D eigenvalue weighted by Crippen LogP contribution is -2.29. The van der Waals surface area contributed by atoms with Crippen molar-refractivity contribution in [2.24, 2.45) is 0 Å². The summed E-state index contributed by atoms with van der Waals surface area (Å²) in [4.78, 5) is 23.0. The average Bonchev–Trinajstić information content (AvgIpc) is 2.56. The first-order valence-corrected chi connectivity index (χ1v) is 6.90. The van der Waals surface area contributed by atoms with Crippen LogP contribution in [0.3, 0.4) is 0 Å². The second-order valence-corrected chi connectivity index (χ2v) is 4.83. The van der Waals surface area contributed by atoms with E-state index in [1.165, 1.54) is 0 Å². The number of carbonyl (C=O) groups excluding carboxylic acids is 2. The van der Waals surface area contributed by atoms with Gasteiger partial charge in [0.2, 0.25) is 0 Å². The second kappa shape index (κ2) is 7.36. The number of hydrogen-bond donors (Lipinski definition) is 2. The van der Waals surface area contributed by atoms with E-state index in [0.29, 0.717) is 23.0 Å². The Balaban J connectivity index is 2.06. The molecule has 0 aliphatic carbocycles. The number of aldehydes is 1. The van der Waals surface area contributed by atoms with Crippen molar-refractivity contribution < 1.29 is 9.59 Å². The van der Waals surface area contributed by atoms with E-state index >= 15 is 0 Å². The monoisotopic (exact) mass is 283 g/mol. The standard InChI is InChI=1S/C16H17N3O2/c17-9-14(12-5-7-18-8-6-12)10-19-16(21)15-4-2-1-3-13(15)11-20/h1-4,11,18H,5-8,10H2,(H,19,21). The van der Waals surface area contributed by atoms with Gasteiger partial charge in [-0.15, -0.1) is 0 Å². The van der Waals surface area contributed by atoms with Crippen molar-refractivity contribution >= 4 is 12.2 Å². The van der Waals surface area contributed by atoms with Gasteiger partial charge in [0.05, 0.1) is 12.6 Å². The molecule has 1 saturated heterocycles. The normalized spacial score (nSPS) is 14.1. The van der Waals surface area contributed by atoms with Crippen LogP contribution >= 0.6 is 0 Å². The van der Waals surface area contributed by atoms with Crippen molar-refractivity contribution in [3.8, 4) is 6.07 Å². The van der Waals surface area contributed by atoms with Crippen LogP contribution in [-0.4, -0.2) is 31.8 Å². The smallest absolute Gasteiger partial charge is 0.252 e. The van der Waals surface area contributed by atoms with Crippen molar-refractivity contribution in [2.45, 2.75) is 12.8 Å². The molecule has 0 unspecified atom stereocenters. The Morgan fingerprint density at radius 1 is 1.33 bits per heavy atom. The Hall–Kier alpha value is -2.45. The summed E-state index contributed by atoms with van der Waals surface area (Å²) in [6.45, 7) is 1.93. The van der Waals surface area contributed by atoms with E-state index < -0.39 is 0 Å². The van der Waals surface area contributed by atoms with Gasteiger partial charge >= 0.3 is 0 Å². The summed E-state index contributed by atoms with van der Waals surface area (Å²) in [5.41, 5.74) is 2.40. The largest absolute Gasteiger partial charge is 0.347 e. The van der Waals surface area contributed by atoms with E-state index in [2.05, 4.69) is 16.7 Å².